The van der Waals surface area contributed by atoms with Gasteiger partial charge in [0.15, 0.2) is 5.82 Å². The third kappa shape index (κ3) is 3.77. The first kappa shape index (κ1) is 18.4. The highest BCUT2D eigenvalue weighted by atomic mass is 35.5. The minimum absolute atomic E-state index is 0. The lowest BCUT2D eigenvalue weighted by atomic mass is 10.2. The number of hydrogen-bond donors (Lipinski definition) is 1. The van der Waals surface area contributed by atoms with Gasteiger partial charge in [-0.1, -0.05) is 6.07 Å². The molecule has 4 rings (SSSR count). The van der Waals surface area contributed by atoms with Crippen molar-refractivity contribution in [3.05, 3.63) is 54.2 Å². The van der Waals surface area contributed by atoms with E-state index in [2.05, 4.69) is 41.8 Å². The van der Waals surface area contributed by atoms with E-state index in [0.29, 0.717) is 0 Å². The zero-order valence-electron chi connectivity index (χ0n) is 13.1. The smallest absolute Gasteiger partial charge is 0.160 e. The van der Waals surface area contributed by atoms with Gasteiger partial charge in [-0.05, 0) is 24.1 Å². The quantitative estimate of drug-likeness (QED) is 0.769. The summed E-state index contributed by atoms with van der Waals surface area (Å²) in [6, 6.07) is 6.21. The Balaban J connectivity index is 0.00000104. The molecule has 24 heavy (non-hydrogen) atoms. The molecule has 0 fully saturated rings. The SMILES string of the molecule is Cl.Cl.c1cncc(CCn2ccnc2-c2cc3n(n2)CCNC3)c1. The van der Waals surface area contributed by atoms with Crippen molar-refractivity contribution in [2.75, 3.05) is 6.54 Å². The topological polar surface area (TPSA) is 60.6 Å². The first-order valence-corrected chi connectivity index (χ1v) is 7.58. The lowest BCUT2D eigenvalue weighted by molar-refractivity contribution is 0.476. The van der Waals surface area contributed by atoms with Crippen LogP contribution in [0, 0.1) is 0 Å². The summed E-state index contributed by atoms with van der Waals surface area (Å²) >= 11 is 0. The number of aromatic nitrogens is 5. The molecule has 0 bridgehead atoms. The summed E-state index contributed by atoms with van der Waals surface area (Å²) in [6.07, 6.45) is 8.51. The predicted molar refractivity (Wildman–Crippen MR) is 97.6 cm³/mol. The highest BCUT2D eigenvalue weighted by Gasteiger charge is 2.15. The Morgan fingerprint density at radius 1 is 1.21 bits per heavy atom. The van der Waals surface area contributed by atoms with Crippen LogP contribution in [0.4, 0.5) is 0 Å². The molecule has 1 aliphatic heterocycles. The molecule has 0 radical (unpaired) electrons. The summed E-state index contributed by atoms with van der Waals surface area (Å²) in [6.45, 7) is 3.65. The van der Waals surface area contributed by atoms with E-state index in [1.165, 1.54) is 11.3 Å². The van der Waals surface area contributed by atoms with Crippen molar-refractivity contribution in [2.45, 2.75) is 26.1 Å². The van der Waals surface area contributed by atoms with Gasteiger partial charge in [0, 0.05) is 44.4 Å². The molecule has 4 heterocycles. The van der Waals surface area contributed by atoms with Crippen molar-refractivity contribution >= 4 is 24.8 Å². The number of rotatable bonds is 4. The number of hydrogen-bond acceptors (Lipinski definition) is 4. The van der Waals surface area contributed by atoms with E-state index in [1.807, 2.05) is 24.7 Å². The van der Waals surface area contributed by atoms with Gasteiger partial charge in [0.2, 0.25) is 0 Å². The maximum Gasteiger partial charge on any atom is 0.160 e. The van der Waals surface area contributed by atoms with Gasteiger partial charge in [-0.2, -0.15) is 5.10 Å². The van der Waals surface area contributed by atoms with Crippen LogP contribution < -0.4 is 5.32 Å². The zero-order chi connectivity index (χ0) is 14.8. The van der Waals surface area contributed by atoms with Gasteiger partial charge in [-0.15, -0.1) is 24.8 Å². The monoisotopic (exact) mass is 366 g/mol. The Morgan fingerprint density at radius 3 is 2.92 bits per heavy atom. The summed E-state index contributed by atoms with van der Waals surface area (Å²) in [5.74, 6) is 0.936. The number of aryl methyl sites for hydroxylation is 2. The fourth-order valence-corrected chi connectivity index (χ4v) is 2.82. The molecule has 0 aromatic carbocycles. The lowest BCUT2D eigenvalue weighted by Crippen LogP contribution is -2.28. The molecule has 1 N–H and O–H groups in total. The Kier molecular flexibility index (Phi) is 6.36. The van der Waals surface area contributed by atoms with Crippen molar-refractivity contribution in [3.63, 3.8) is 0 Å². The van der Waals surface area contributed by atoms with E-state index in [-0.39, 0.29) is 24.8 Å². The van der Waals surface area contributed by atoms with E-state index in [0.717, 1.165) is 44.1 Å². The zero-order valence-corrected chi connectivity index (χ0v) is 14.8. The molecule has 6 nitrogen and oxygen atoms in total. The first-order chi connectivity index (χ1) is 10.9. The Morgan fingerprint density at radius 2 is 2.12 bits per heavy atom. The summed E-state index contributed by atoms with van der Waals surface area (Å²) in [7, 11) is 0. The van der Waals surface area contributed by atoms with Gasteiger partial charge < -0.3 is 9.88 Å². The lowest BCUT2D eigenvalue weighted by Gasteiger charge is -2.13. The maximum absolute atomic E-state index is 4.69. The van der Waals surface area contributed by atoms with E-state index < -0.39 is 0 Å². The van der Waals surface area contributed by atoms with Crippen LogP contribution in [0.3, 0.4) is 0 Å². The van der Waals surface area contributed by atoms with Crippen molar-refractivity contribution in [1.29, 1.82) is 0 Å². The average molecular weight is 367 g/mol. The molecule has 0 amide bonds. The minimum Gasteiger partial charge on any atom is -0.329 e. The summed E-state index contributed by atoms with van der Waals surface area (Å²) in [4.78, 5) is 8.65. The van der Waals surface area contributed by atoms with E-state index in [4.69, 9.17) is 0 Å². The van der Waals surface area contributed by atoms with Crippen LogP contribution in [-0.2, 0) is 26.1 Å². The van der Waals surface area contributed by atoms with Gasteiger partial charge in [0.05, 0.1) is 12.2 Å². The second-order valence-electron chi connectivity index (χ2n) is 5.48. The molecule has 0 saturated carbocycles. The van der Waals surface area contributed by atoms with Crippen molar-refractivity contribution in [2.24, 2.45) is 0 Å². The molecular weight excluding hydrogens is 347 g/mol. The number of pyridine rings is 1. The highest BCUT2D eigenvalue weighted by Crippen LogP contribution is 2.19. The van der Waals surface area contributed by atoms with Crippen LogP contribution in [-0.4, -0.2) is 30.9 Å². The Bertz CT molecular complexity index is 744. The highest BCUT2D eigenvalue weighted by molar-refractivity contribution is 5.85. The van der Waals surface area contributed by atoms with Crippen LogP contribution in [0.15, 0.2) is 43.0 Å². The van der Waals surface area contributed by atoms with Crippen LogP contribution in [0.2, 0.25) is 0 Å². The Labute approximate surface area is 153 Å². The fourth-order valence-electron chi connectivity index (χ4n) is 2.82. The van der Waals surface area contributed by atoms with Crippen LogP contribution in [0.25, 0.3) is 11.5 Å². The molecule has 0 aliphatic carbocycles. The minimum atomic E-state index is 0. The first-order valence-electron chi connectivity index (χ1n) is 7.58. The number of fused-ring (bicyclic) bond motifs is 1. The molecule has 0 saturated heterocycles. The second-order valence-corrected chi connectivity index (χ2v) is 5.48. The van der Waals surface area contributed by atoms with Crippen molar-refractivity contribution in [3.8, 4) is 11.5 Å². The summed E-state index contributed by atoms with van der Waals surface area (Å²) in [5.41, 5.74) is 3.41. The third-order valence-corrected chi connectivity index (χ3v) is 3.98. The normalized spacial score (nSPS) is 12.8. The molecule has 3 aromatic heterocycles. The van der Waals surface area contributed by atoms with E-state index in [9.17, 15) is 0 Å². The number of imidazole rings is 1. The predicted octanol–water partition coefficient (Wildman–Crippen LogP) is 2.33. The summed E-state index contributed by atoms with van der Waals surface area (Å²) < 4.78 is 4.24. The standard InChI is InChI=1S/C16H18N6.2ClH/c1-2-13(11-17-4-1)3-7-21-8-6-19-16(21)15-10-14-12-18-5-9-22(14)20-15;;/h1-2,4,6,8,10-11,18H,3,5,7,9,12H2;2*1H. The van der Waals surface area contributed by atoms with Gasteiger partial charge in [-0.3, -0.25) is 9.67 Å². The van der Waals surface area contributed by atoms with E-state index >= 15 is 0 Å². The van der Waals surface area contributed by atoms with Crippen LogP contribution in [0.5, 0.6) is 0 Å². The molecule has 3 aromatic rings. The molecule has 128 valence electrons. The maximum atomic E-state index is 4.69. The molecule has 0 spiro atoms. The second kappa shape index (κ2) is 8.28. The molecule has 0 atom stereocenters. The van der Waals surface area contributed by atoms with Gasteiger partial charge >= 0.3 is 0 Å². The van der Waals surface area contributed by atoms with Gasteiger partial charge in [-0.25, -0.2) is 4.98 Å². The van der Waals surface area contributed by atoms with Gasteiger partial charge in [0.1, 0.15) is 5.69 Å². The molecule has 1 aliphatic rings. The molecular formula is C16H20Cl2N6. The van der Waals surface area contributed by atoms with Crippen molar-refractivity contribution < 1.29 is 0 Å². The van der Waals surface area contributed by atoms with Crippen molar-refractivity contribution in [1.82, 2.24) is 29.6 Å². The average Bonchev–Trinajstić information content (AvgIpc) is 3.20. The summed E-state index contributed by atoms with van der Waals surface area (Å²) in [5, 5.41) is 8.06. The number of nitrogens with one attached hydrogen (secondary N) is 1. The number of halogens is 2. The Hall–Kier alpha value is -1.89. The van der Waals surface area contributed by atoms with E-state index in [1.54, 1.807) is 6.20 Å². The number of nitrogens with zero attached hydrogens (tertiary/aromatic N) is 5. The third-order valence-electron chi connectivity index (χ3n) is 3.98. The van der Waals surface area contributed by atoms with Crippen LogP contribution in [0.1, 0.15) is 11.3 Å². The van der Waals surface area contributed by atoms with Gasteiger partial charge in [0.25, 0.3) is 0 Å². The van der Waals surface area contributed by atoms with Crippen LogP contribution >= 0.6 is 24.8 Å². The fraction of sp³-hybridized carbons (Fsp3) is 0.312. The molecule has 8 heteroatoms. The molecule has 0 unspecified atom stereocenters. The largest absolute Gasteiger partial charge is 0.329 e.